The monoisotopic (exact) mass is 434 g/mol. The lowest BCUT2D eigenvalue weighted by Crippen LogP contribution is -2.38. The lowest BCUT2D eigenvalue weighted by molar-refractivity contribution is -0.115. The molecule has 2 N–H and O–H groups in total. The van der Waals surface area contributed by atoms with Crippen molar-refractivity contribution in [2.24, 2.45) is 0 Å². The van der Waals surface area contributed by atoms with Crippen LogP contribution in [0.25, 0.3) is 21.8 Å². The minimum atomic E-state index is -0.304. The van der Waals surface area contributed by atoms with Crippen molar-refractivity contribution in [1.82, 2.24) is 14.5 Å². The van der Waals surface area contributed by atoms with Crippen LogP contribution in [0.1, 0.15) is 11.3 Å². The number of carbonyl (C=O) groups excluding carboxylic acids is 1. The van der Waals surface area contributed by atoms with E-state index in [-0.39, 0.29) is 18.1 Å². The molecule has 2 aromatic heterocycles. The molecule has 32 heavy (non-hydrogen) atoms. The number of ether oxygens (including phenoxy) is 1. The Labute approximate surface area is 186 Å². The first-order valence-electron chi connectivity index (χ1n) is 11.0. The summed E-state index contributed by atoms with van der Waals surface area (Å²) in [6.07, 6.45) is 2.29. The van der Waals surface area contributed by atoms with Crippen molar-refractivity contribution in [3.63, 3.8) is 0 Å². The Morgan fingerprint density at radius 3 is 2.81 bits per heavy atom. The van der Waals surface area contributed by atoms with Crippen LogP contribution >= 0.6 is 0 Å². The zero-order chi connectivity index (χ0) is 22.1. The maximum absolute atomic E-state index is 13.7. The van der Waals surface area contributed by atoms with Crippen LogP contribution in [0.2, 0.25) is 0 Å². The highest BCUT2D eigenvalue weighted by molar-refractivity contribution is 5.98. The Hall–Kier alpha value is -3.16. The topological polar surface area (TPSA) is 62.3 Å². The molecule has 0 aliphatic carbocycles. The zero-order valence-corrected chi connectivity index (χ0v) is 18.2. The summed E-state index contributed by atoms with van der Waals surface area (Å²) in [6.45, 7) is 7.41. The molecule has 1 fully saturated rings. The van der Waals surface area contributed by atoms with Crippen LogP contribution in [-0.2, 0) is 22.5 Å². The third-order valence-electron chi connectivity index (χ3n) is 6.23. The number of anilines is 1. The fraction of sp³-hybridized carbons (Fsp3) is 0.320. The second-order valence-corrected chi connectivity index (χ2v) is 8.38. The van der Waals surface area contributed by atoms with Crippen molar-refractivity contribution in [3.8, 4) is 0 Å². The van der Waals surface area contributed by atoms with Crippen LogP contribution in [-0.4, -0.2) is 53.2 Å². The maximum Gasteiger partial charge on any atom is 0.228 e. The predicted molar refractivity (Wildman–Crippen MR) is 125 cm³/mol. The van der Waals surface area contributed by atoms with Crippen molar-refractivity contribution < 1.29 is 13.9 Å². The van der Waals surface area contributed by atoms with E-state index in [1.165, 1.54) is 12.1 Å². The number of amides is 1. The molecule has 1 saturated heterocycles. The number of hydrogen-bond acceptors (Lipinski definition) is 3. The van der Waals surface area contributed by atoms with Crippen LogP contribution < -0.4 is 5.32 Å². The Bertz CT molecular complexity index is 1270. The Morgan fingerprint density at radius 2 is 1.97 bits per heavy atom. The Morgan fingerprint density at radius 1 is 1.12 bits per heavy atom. The molecular weight excluding hydrogens is 407 g/mol. The molecule has 1 aliphatic heterocycles. The number of hydrogen-bond donors (Lipinski definition) is 2. The first-order chi connectivity index (χ1) is 15.6. The van der Waals surface area contributed by atoms with E-state index in [4.69, 9.17) is 4.74 Å². The van der Waals surface area contributed by atoms with Crippen molar-refractivity contribution >= 4 is 33.4 Å². The van der Waals surface area contributed by atoms with Gasteiger partial charge >= 0.3 is 0 Å². The van der Waals surface area contributed by atoms with Gasteiger partial charge in [-0.2, -0.15) is 0 Å². The molecule has 0 spiro atoms. The number of morpholine rings is 1. The molecule has 6 nitrogen and oxygen atoms in total. The number of fused-ring (bicyclic) bond motifs is 2. The molecular formula is C25H27FN4O2. The summed E-state index contributed by atoms with van der Waals surface area (Å²) in [5.41, 5.74) is 4.46. The molecule has 7 heteroatoms. The summed E-state index contributed by atoms with van der Waals surface area (Å²) in [7, 11) is 0. The number of nitrogens with one attached hydrogen (secondary N) is 2. The fourth-order valence-corrected chi connectivity index (χ4v) is 4.49. The second kappa shape index (κ2) is 8.76. The third kappa shape index (κ3) is 4.26. The first-order valence-corrected chi connectivity index (χ1v) is 11.0. The van der Waals surface area contributed by atoms with E-state index in [0.717, 1.165) is 78.1 Å². The summed E-state index contributed by atoms with van der Waals surface area (Å²) in [6, 6.07) is 12.7. The van der Waals surface area contributed by atoms with E-state index >= 15 is 0 Å². The molecule has 4 aromatic rings. The van der Waals surface area contributed by atoms with Gasteiger partial charge in [0.15, 0.2) is 0 Å². The van der Waals surface area contributed by atoms with Gasteiger partial charge in [-0.25, -0.2) is 4.39 Å². The molecule has 166 valence electrons. The normalized spacial score (nSPS) is 14.9. The van der Waals surface area contributed by atoms with Gasteiger partial charge in [-0.1, -0.05) is 0 Å². The molecule has 0 unspecified atom stereocenters. The SMILES string of the molecule is Cc1[nH]c2ccc(F)cc2c1CC(=O)Nc1ccc2c(ccn2CCN2CCOCC2)c1. The zero-order valence-electron chi connectivity index (χ0n) is 18.2. The summed E-state index contributed by atoms with van der Waals surface area (Å²) in [5, 5.41) is 4.84. The van der Waals surface area contributed by atoms with Gasteiger partial charge in [0, 0.05) is 65.6 Å². The molecule has 1 aliphatic rings. The van der Waals surface area contributed by atoms with Crippen molar-refractivity contribution in [2.45, 2.75) is 19.9 Å². The molecule has 3 heterocycles. The van der Waals surface area contributed by atoms with Gasteiger partial charge in [-0.3, -0.25) is 9.69 Å². The smallest absolute Gasteiger partial charge is 0.228 e. The van der Waals surface area contributed by atoms with Crippen molar-refractivity contribution in [3.05, 3.63) is 65.7 Å². The van der Waals surface area contributed by atoms with Crippen LogP contribution in [0.5, 0.6) is 0 Å². The number of aromatic nitrogens is 2. The van der Waals surface area contributed by atoms with Gasteiger partial charge in [0.25, 0.3) is 0 Å². The number of aromatic amines is 1. The summed E-state index contributed by atoms with van der Waals surface area (Å²) >= 11 is 0. The molecule has 2 aromatic carbocycles. The molecule has 5 rings (SSSR count). The second-order valence-electron chi connectivity index (χ2n) is 8.38. The molecule has 0 atom stereocenters. The van der Waals surface area contributed by atoms with Gasteiger partial charge in [-0.05, 0) is 55.0 Å². The van der Waals surface area contributed by atoms with Gasteiger partial charge in [-0.15, -0.1) is 0 Å². The standard InChI is InChI=1S/C25H27FN4O2/c1-17-21(22-15-19(26)2-4-23(22)27-17)16-25(31)28-20-3-5-24-18(14-20)6-7-30(24)9-8-29-10-12-32-13-11-29/h2-7,14-15,27H,8-13,16H2,1H3,(H,28,31). The van der Waals surface area contributed by atoms with Crippen LogP contribution in [0, 0.1) is 12.7 Å². The molecule has 0 saturated carbocycles. The number of halogens is 1. The molecule has 0 bridgehead atoms. The van der Waals surface area contributed by atoms with Crippen molar-refractivity contribution in [2.75, 3.05) is 38.2 Å². The average molecular weight is 435 g/mol. The number of carbonyl (C=O) groups is 1. The summed E-state index contributed by atoms with van der Waals surface area (Å²) < 4.78 is 21.4. The van der Waals surface area contributed by atoms with Gasteiger partial charge in [0.1, 0.15) is 5.82 Å². The number of rotatable bonds is 6. The molecule has 1 amide bonds. The third-order valence-corrected chi connectivity index (χ3v) is 6.23. The number of nitrogens with zero attached hydrogens (tertiary/aromatic N) is 2. The number of aryl methyl sites for hydroxylation is 1. The van der Waals surface area contributed by atoms with Crippen LogP contribution in [0.3, 0.4) is 0 Å². The lowest BCUT2D eigenvalue weighted by Gasteiger charge is -2.26. The van der Waals surface area contributed by atoms with Gasteiger partial charge in [0.2, 0.25) is 5.91 Å². The van der Waals surface area contributed by atoms with Crippen LogP contribution in [0.15, 0.2) is 48.7 Å². The van der Waals surface area contributed by atoms with E-state index in [2.05, 4.69) is 38.1 Å². The quantitative estimate of drug-likeness (QED) is 0.481. The lowest BCUT2D eigenvalue weighted by atomic mass is 10.1. The summed E-state index contributed by atoms with van der Waals surface area (Å²) in [4.78, 5) is 18.4. The van der Waals surface area contributed by atoms with Crippen molar-refractivity contribution in [1.29, 1.82) is 0 Å². The van der Waals surface area contributed by atoms with Crippen LogP contribution in [0.4, 0.5) is 10.1 Å². The average Bonchev–Trinajstić information content (AvgIpc) is 3.33. The minimum Gasteiger partial charge on any atom is -0.379 e. The maximum atomic E-state index is 13.7. The number of benzene rings is 2. The van der Waals surface area contributed by atoms with E-state index < -0.39 is 0 Å². The highest BCUT2D eigenvalue weighted by atomic mass is 19.1. The summed E-state index contributed by atoms with van der Waals surface area (Å²) in [5.74, 6) is -0.425. The highest BCUT2D eigenvalue weighted by Crippen LogP contribution is 2.25. The fourth-order valence-electron chi connectivity index (χ4n) is 4.49. The highest BCUT2D eigenvalue weighted by Gasteiger charge is 2.14. The first kappa shape index (κ1) is 20.7. The van der Waals surface area contributed by atoms with E-state index in [1.54, 1.807) is 6.07 Å². The van der Waals surface area contributed by atoms with E-state index in [9.17, 15) is 9.18 Å². The van der Waals surface area contributed by atoms with E-state index in [0.29, 0.717) is 0 Å². The molecule has 0 radical (unpaired) electrons. The largest absolute Gasteiger partial charge is 0.379 e. The predicted octanol–water partition coefficient (Wildman–Crippen LogP) is 4.08. The Balaban J connectivity index is 1.27. The minimum absolute atomic E-state index is 0.121. The number of H-pyrrole nitrogens is 1. The van der Waals surface area contributed by atoms with E-state index in [1.807, 2.05) is 19.1 Å². The Kier molecular flexibility index (Phi) is 5.68. The van der Waals surface area contributed by atoms with Gasteiger partial charge < -0.3 is 19.6 Å². The van der Waals surface area contributed by atoms with Gasteiger partial charge in [0.05, 0.1) is 19.6 Å².